The fourth-order valence-corrected chi connectivity index (χ4v) is 3.64. The van der Waals surface area contributed by atoms with Crippen LogP contribution in [0.25, 0.3) is 11.9 Å². The van der Waals surface area contributed by atoms with Crippen LogP contribution in [-0.4, -0.2) is 56.5 Å². The van der Waals surface area contributed by atoms with E-state index in [-0.39, 0.29) is 5.91 Å². The van der Waals surface area contributed by atoms with E-state index in [1.54, 1.807) is 29.9 Å². The maximum Gasteiger partial charge on any atom is 0.246 e. The first-order valence-electron chi connectivity index (χ1n) is 8.78. The summed E-state index contributed by atoms with van der Waals surface area (Å²) in [6.07, 6.45) is 8.85. The number of aromatic nitrogens is 4. The Hall–Kier alpha value is -3.00. The van der Waals surface area contributed by atoms with Crippen LogP contribution in [0.1, 0.15) is 10.7 Å². The maximum atomic E-state index is 12.4. The predicted octanol–water partition coefficient (Wildman–Crippen LogP) is 2.39. The molecular weight excluding hydrogens is 360 g/mol. The van der Waals surface area contributed by atoms with Gasteiger partial charge in [0.2, 0.25) is 5.91 Å². The molecule has 4 rings (SSSR count). The molecule has 1 aliphatic heterocycles. The zero-order valence-electron chi connectivity index (χ0n) is 15.0. The largest absolute Gasteiger partial charge is 0.353 e. The number of carbonyl (C=O) groups is 1. The van der Waals surface area contributed by atoms with Crippen molar-refractivity contribution in [3.63, 3.8) is 0 Å². The van der Waals surface area contributed by atoms with Crippen LogP contribution < -0.4 is 4.90 Å². The first-order valence-corrected chi connectivity index (χ1v) is 9.66. The Balaban J connectivity index is 1.41. The Kier molecular flexibility index (Phi) is 4.97. The van der Waals surface area contributed by atoms with Crippen LogP contribution in [0.4, 0.5) is 5.82 Å². The van der Waals surface area contributed by atoms with Gasteiger partial charge in [-0.3, -0.25) is 9.36 Å². The fourth-order valence-electron chi connectivity index (χ4n) is 3.03. The van der Waals surface area contributed by atoms with Gasteiger partial charge < -0.3 is 9.80 Å². The number of aryl methyl sites for hydroxylation is 1. The zero-order chi connectivity index (χ0) is 18.6. The lowest BCUT2D eigenvalue weighted by molar-refractivity contribution is -0.126. The van der Waals surface area contributed by atoms with E-state index in [9.17, 15) is 4.79 Å². The van der Waals surface area contributed by atoms with Crippen LogP contribution in [0, 0.1) is 6.92 Å². The van der Waals surface area contributed by atoms with Gasteiger partial charge >= 0.3 is 0 Å². The normalized spacial score (nSPS) is 14.9. The van der Waals surface area contributed by atoms with Crippen molar-refractivity contribution in [1.29, 1.82) is 0 Å². The lowest BCUT2D eigenvalue weighted by Crippen LogP contribution is -2.48. The molecule has 0 saturated carbocycles. The van der Waals surface area contributed by atoms with Crippen molar-refractivity contribution in [3.05, 3.63) is 59.1 Å². The summed E-state index contributed by atoms with van der Waals surface area (Å²) in [5.74, 6) is 2.45. The quantitative estimate of drug-likeness (QED) is 0.650. The Morgan fingerprint density at radius 2 is 2.00 bits per heavy atom. The average Bonchev–Trinajstić information content (AvgIpc) is 3.39. The van der Waals surface area contributed by atoms with E-state index < -0.39 is 0 Å². The summed E-state index contributed by atoms with van der Waals surface area (Å²) >= 11 is 1.62. The molecule has 1 fully saturated rings. The second-order valence-corrected chi connectivity index (χ2v) is 7.24. The van der Waals surface area contributed by atoms with Gasteiger partial charge in [0.05, 0.1) is 0 Å². The first-order chi connectivity index (χ1) is 13.2. The van der Waals surface area contributed by atoms with E-state index in [0.29, 0.717) is 18.9 Å². The van der Waals surface area contributed by atoms with Gasteiger partial charge in [0.1, 0.15) is 23.8 Å². The third-order valence-electron chi connectivity index (χ3n) is 4.43. The molecule has 1 aliphatic rings. The molecule has 0 aliphatic carbocycles. The zero-order valence-corrected chi connectivity index (χ0v) is 15.8. The predicted molar refractivity (Wildman–Crippen MR) is 106 cm³/mol. The number of hydrogen-bond donors (Lipinski definition) is 0. The van der Waals surface area contributed by atoms with Gasteiger partial charge in [-0.05, 0) is 24.4 Å². The highest BCUT2D eigenvalue weighted by Crippen LogP contribution is 2.18. The summed E-state index contributed by atoms with van der Waals surface area (Å²) in [6, 6.07) is 5.94. The Morgan fingerprint density at radius 1 is 1.19 bits per heavy atom. The molecule has 4 heterocycles. The number of hydrogen-bond acceptors (Lipinski definition) is 6. The molecule has 0 unspecified atom stereocenters. The van der Waals surface area contributed by atoms with Crippen molar-refractivity contribution in [3.8, 4) is 5.82 Å². The molecule has 3 aromatic heterocycles. The lowest BCUT2D eigenvalue weighted by Gasteiger charge is -2.35. The molecule has 7 nitrogen and oxygen atoms in total. The lowest BCUT2D eigenvalue weighted by atomic mass is 10.3. The molecule has 27 heavy (non-hydrogen) atoms. The highest BCUT2D eigenvalue weighted by atomic mass is 32.1. The van der Waals surface area contributed by atoms with Gasteiger partial charge in [0, 0.05) is 55.6 Å². The molecule has 0 radical (unpaired) electrons. The minimum absolute atomic E-state index is 0.0565. The third kappa shape index (κ3) is 4.06. The molecule has 1 saturated heterocycles. The van der Waals surface area contributed by atoms with Gasteiger partial charge in [-0.2, -0.15) is 0 Å². The molecule has 138 valence electrons. The minimum Gasteiger partial charge on any atom is -0.353 e. The standard InChI is InChI=1S/C19H20N6OS/c1-15-21-17(13-18(22-15)25-7-6-20-14-25)23-8-10-24(11-9-23)19(26)5-4-16-3-2-12-27-16/h2-7,12-14H,8-11H2,1H3/b5-4+. The summed E-state index contributed by atoms with van der Waals surface area (Å²) in [5, 5.41) is 2.00. The molecule has 0 bridgehead atoms. The van der Waals surface area contributed by atoms with Crippen molar-refractivity contribution in [1.82, 2.24) is 24.4 Å². The van der Waals surface area contributed by atoms with E-state index in [1.165, 1.54) is 0 Å². The SMILES string of the molecule is Cc1nc(N2CCN(C(=O)/C=C/c3cccs3)CC2)cc(-n2ccnc2)n1. The molecule has 8 heteroatoms. The van der Waals surface area contributed by atoms with Crippen LogP contribution in [0.15, 0.2) is 48.4 Å². The number of anilines is 1. The van der Waals surface area contributed by atoms with Gasteiger partial charge in [-0.15, -0.1) is 11.3 Å². The summed E-state index contributed by atoms with van der Waals surface area (Å²) in [6.45, 7) is 4.74. The molecule has 3 aromatic rings. The summed E-state index contributed by atoms with van der Waals surface area (Å²) in [5.41, 5.74) is 0. The van der Waals surface area contributed by atoms with Crippen LogP contribution >= 0.6 is 11.3 Å². The van der Waals surface area contributed by atoms with Crippen molar-refractivity contribution in [2.24, 2.45) is 0 Å². The number of rotatable bonds is 4. The summed E-state index contributed by atoms with van der Waals surface area (Å²) in [7, 11) is 0. The number of imidazole rings is 1. The van der Waals surface area contributed by atoms with E-state index in [1.807, 2.05) is 52.2 Å². The molecule has 0 aromatic carbocycles. The first kappa shape index (κ1) is 17.4. The smallest absolute Gasteiger partial charge is 0.246 e. The Bertz CT molecular complexity index is 927. The van der Waals surface area contributed by atoms with Crippen molar-refractivity contribution in [2.75, 3.05) is 31.1 Å². The molecular formula is C19H20N6OS. The number of amides is 1. The molecule has 1 amide bonds. The van der Waals surface area contributed by atoms with Crippen LogP contribution in [0.3, 0.4) is 0 Å². The number of carbonyl (C=O) groups excluding carboxylic acids is 1. The van der Waals surface area contributed by atoms with Crippen molar-refractivity contribution < 1.29 is 4.79 Å². The van der Waals surface area contributed by atoms with Crippen LogP contribution in [-0.2, 0) is 4.79 Å². The Labute approximate surface area is 161 Å². The third-order valence-corrected chi connectivity index (χ3v) is 5.27. The number of piperazine rings is 1. The van der Waals surface area contributed by atoms with E-state index in [0.717, 1.165) is 29.6 Å². The minimum atomic E-state index is 0.0565. The number of nitrogens with zero attached hydrogens (tertiary/aromatic N) is 6. The molecule has 0 spiro atoms. The monoisotopic (exact) mass is 380 g/mol. The van der Waals surface area contributed by atoms with Gasteiger partial charge in [0.25, 0.3) is 0 Å². The second kappa shape index (κ2) is 7.71. The molecule has 0 atom stereocenters. The van der Waals surface area contributed by atoms with Crippen LogP contribution in [0.5, 0.6) is 0 Å². The Morgan fingerprint density at radius 3 is 2.70 bits per heavy atom. The maximum absolute atomic E-state index is 12.4. The molecule has 0 N–H and O–H groups in total. The van der Waals surface area contributed by atoms with Gasteiger partial charge in [-0.1, -0.05) is 6.07 Å². The van der Waals surface area contributed by atoms with Gasteiger partial charge in [-0.25, -0.2) is 15.0 Å². The number of thiophene rings is 1. The highest BCUT2D eigenvalue weighted by Gasteiger charge is 2.21. The fraction of sp³-hybridized carbons (Fsp3) is 0.263. The highest BCUT2D eigenvalue weighted by molar-refractivity contribution is 7.10. The summed E-state index contributed by atoms with van der Waals surface area (Å²) in [4.78, 5) is 30.7. The van der Waals surface area contributed by atoms with E-state index in [2.05, 4.69) is 19.9 Å². The van der Waals surface area contributed by atoms with E-state index in [4.69, 9.17) is 0 Å². The van der Waals surface area contributed by atoms with Crippen molar-refractivity contribution in [2.45, 2.75) is 6.92 Å². The van der Waals surface area contributed by atoms with E-state index >= 15 is 0 Å². The van der Waals surface area contributed by atoms with Crippen LogP contribution in [0.2, 0.25) is 0 Å². The average molecular weight is 380 g/mol. The topological polar surface area (TPSA) is 67.2 Å². The van der Waals surface area contributed by atoms with Crippen molar-refractivity contribution >= 4 is 29.1 Å². The second-order valence-electron chi connectivity index (χ2n) is 6.26. The summed E-state index contributed by atoms with van der Waals surface area (Å²) < 4.78 is 1.87. The van der Waals surface area contributed by atoms with Gasteiger partial charge in [0.15, 0.2) is 0 Å².